The number of carbonyl (C=O) groups is 1. The fraction of sp³-hybridized carbons (Fsp3) is 0.455. The van der Waals surface area contributed by atoms with Crippen molar-refractivity contribution in [2.24, 2.45) is 0 Å². The van der Waals surface area contributed by atoms with Crippen molar-refractivity contribution in [3.63, 3.8) is 0 Å². The van der Waals surface area contributed by atoms with Crippen LogP contribution >= 0.6 is 0 Å². The smallest absolute Gasteiger partial charge is 0.356 e. The Balaban J connectivity index is 2.27. The molecule has 0 aliphatic heterocycles. The Morgan fingerprint density at radius 3 is 2.94 bits per heavy atom. The molecule has 0 atom stereocenters. The monoisotopic (exact) mass is 250 g/mol. The van der Waals surface area contributed by atoms with Gasteiger partial charge in [-0.05, 0) is 6.92 Å². The van der Waals surface area contributed by atoms with Crippen LogP contribution < -0.4 is 0 Å². The van der Waals surface area contributed by atoms with Crippen molar-refractivity contribution < 1.29 is 14.1 Å². The van der Waals surface area contributed by atoms with Crippen LogP contribution in [0, 0.1) is 6.92 Å². The fourth-order valence-corrected chi connectivity index (χ4v) is 1.57. The third-order valence-electron chi connectivity index (χ3n) is 2.56. The van der Waals surface area contributed by atoms with Gasteiger partial charge in [-0.2, -0.15) is 4.98 Å². The number of imidazole rings is 1. The van der Waals surface area contributed by atoms with E-state index >= 15 is 0 Å². The largest absolute Gasteiger partial charge is 0.464 e. The van der Waals surface area contributed by atoms with Gasteiger partial charge < -0.3 is 13.8 Å². The Morgan fingerprint density at radius 2 is 2.33 bits per heavy atom. The number of esters is 1. The maximum absolute atomic E-state index is 11.6. The number of hydrogen-bond donors (Lipinski definition) is 0. The van der Waals surface area contributed by atoms with Crippen LogP contribution in [0.3, 0.4) is 0 Å². The van der Waals surface area contributed by atoms with Gasteiger partial charge in [0.25, 0.3) is 0 Å². The zero-order chi connectivity index (χ0) is 13.1. The van der Waals surface area contributed by atoms with E-state index in [-0.39, 0.29) is 0 Å². The molecule has 7 heteroatoms. The lowest BCUT2D eigenvalue weighted by Gasteiger charge is -2.05. The summed E-state index contributed by atoms with van der Waals surface area (Å²) >= 11 is 0. The van der Waals surface area contributed by atoms with E-state index in [1.54, 1.807) is 11.5 Å². The molecule has 2 aromatic heterocycles. The molecule has 2 aromatic rings. The number of rotatable bonds is 4. The molecule has 0 saturated carbocycles. The summed E-state index contributed by atoms with van der Waals surface area (Å²) in [4.78, 5) is 19.8. The fourth-order valence-electron chi connectivity index (χ4n) is 1.57. The van der Waals surface area contributed by atoms with Crippen molar-refractivity contribution in [1.29, 1.82) is 0 Å². The molecule has 2 heterocycles. The molecular formula is C11H14N4O3. The molecule has 0 fully saturated rings. The molecule has 7 nitrogen and oxygen atoms in total. The summed E-state index contributed by atoms with van der Waals surface area (Å²) < 4.78 is 11.4. The van der Waals surface area contributed by atoms with Crippen molar-refractivity contribution >= 4 is 5.97 Å². The number of hydrogen-bond acceptors (Lipinski definition) is 6. The third kappa shape index (κ3) is 2.24. The van der Waals surface area contributed by atoms with Crippen LogP contribution in [-0.2, 0) is 17.7 Å². The molecular weight excluding hydrogens is 236 g/mol. The number of nitrogens with zero attached hydrogens (tertiary/aromatic N) is 4. The standard InChI is InChI=1S/C11H14N4O3/c1-4-10-13-9(14-18-10)6-15-7(2)12-5-8(15)11(16)17-3/h5H,4,6H2,1-3H3. The maximum atomic E-state index is 11.6. The van der Waals surface area contributed by atoms with E-state index in [0.29, 0.717) is 36.2 Å². The summed E-state index contributed by atoms with van der Waals surface area (Å²) in [6, 6.07) is 0. The van der Waals surface area contributed by atoms with Crippen LogP contribution in [0.2, 0.25) is 0 Å². The number of aryl methyl sites for hydroxylation is 2. The van der Waals surface area contributed by atoms with Gasteiger partial charge in [0.2, 0.25) is 5.89 Å². The molecule has 0 bridgehead atoms. The second-order valence-electron chi connectivity index (χ2n) is 3.73. The molecule has 0 amide bonds. The zero-order valence-electron chi connectivity index (χ0n) is 10.5. The van der Waals surface area contributed by atoms with Gasteiger partial charge in [0.15, 0.2) is 5.82 Å². The van der Waals surface area contributed by atoms with E-state index in [9.17, 15) is 4.79 Å². The summed E-state index contributed by atoms with van der Waals surface area (Å²) in [6.45, 7) is 4.06. The normalized spacial score (nSPS) is 10.6. The Bertz CT molecular complexity index is 558. The molecule has 18 heavy (non-hydrogen) atoms. The second-order valence-corrected chi connectivity index (χ2v) is 3.73. The van der Waals surface area contributed by atoms with E-state index in [1.165, 1.54) is 13.3 Å². The van der Waals surface area contributed by atoms with Gasteiger partial charge in [0.1, 0.15) is 11.5 Å². The molecule has 0 saturated heterocycles. The van der Waals surface area contributed by atoms with Gasteiger partial charge in [-0.1, -0.05) is 12.1 Å². The summed E-state index contributed by atoms with van der Waals surface area (Å²) in [6.07, 6.45) is 2.15. The highest BCUT2D eigenvalue weighted by Gasteiger charge is 2.16. The number of ether oxygens (including phenoxy) is 1. The Hall–Kier alpha value is -2.18. The molecule has 0 aliphatic carbocycles. The van der Waals surface area contributed by atoms with Crippen LogP contribution in [0.25, 0.3) is 0 Å². The Morgan fingerprint density at radius 1 is 1.56 bits per heavy atom. The second kappa shape index (κ2) is 4.99. The third-order valence-corrected chi connectivity index (χ3v) is 2.56. The van der Waals surface area contributed by atoms with Crippen LogP contribution in [0.5, 0.6) is 0 Å². The molecule has 0 spiro atoms. The van der Waals surface area contributed by atoms with Crippen LogP contribution in [-0.4, -0.2) is 32.8 Å². The van der Waals surface area contributed by atoms with Gasteiger partial charge >= 0.3 is 5.97 Å². The summed E-state index contributed by atoms with van der Waals surface area (Å²) in [7, 11) is 1.33. The molecule has 0 N–H and O–H groups in total. The van der Waals surface area contributed by atoms with Gasteiger partial charge in [-0.15, -0.1) is 0 Å². The molecule has 96 valence electrons. The first-order chi connectivity index (χ1) is 8.65. The lowest BCUT2D eigenvalue weighted by molar-refractivity contribution is 0.0588. The Labute approximate surface area is 104 Å². The predicted molar refractivity (Wildman–Crippen MR) is 61.1 cm³/mol. The number of carbonyl (C=O) groups excluding carboxylic acids is 1. The highest BCUT2D eigenvalue weighted by Crippen LogP contribution is 2.09. The first-order valence-electron chi connectivity index (χ1n) is 5.57. The minimum Gasteiger partial charge on any atom is -0.464 e. The summed E-state index contributed by atoms with van der Waals surface area (Å²) in [5.74, 6) is 1.34. The molecule has 0 unspecified atom stereocenters. The summed E-state index contributed by atoms with van der Waals surface area (Å²) in [5.41, 5.74) is 0.373. The van der Waals surface area contributed by atoms with Crippen molar-refractivity contribution in [2.45, 2.75) is 26.8 Å². The zero-order valence-corrected chi connectivity index (χ0v) is 10.5. The molecule has 0 radical (unpaired) electrons. The van der Waals surface area contributed by atoms with E-state index in [4.69, 9.17) is 9.26 Å². The van der Waals surface area contributed by atoms with Gasteiger partial charge in [0, 0.05) is 6.42 Å². The highest BCUT2D eigenvalue weighted by molar-refractivity contribution is 5.87. The first-order valence-corrected chi connectivity index (χ1v) is 5.57. The quantitative estimate of drug-likeness (QED) is 0.752. The lowest BCUT2D eigenvalue weighted by atomic mass is 10.4. The maximum Gasteiger partial charge on any atom is 0.356 e. The Kier molecular flexibility index (Phi) is 3.40. The van der Waals surface area contributed by atoms with Crippen LogP contribution in [0.15, 0.2) is 10.7 Å². The van der Waals surface area contributed by atoms with Crippen LogP contribution in [0.1, 0.15) is 35.0 Å². The predicted octanol–water partition coefficient (Wildman–Crippen LogP) is 0.972. The summed E-state index contributed by atoms with van der Waals surface area (Å²) in [5, 5.41) is 3.84. The number of methoxy groups -OCH3 is 1. The lowest BCUT2D eigenvalue weighted by Crippen LogP contribution is -2.13. The topological polar surface area (TPSA) is 83.0 Å². The van der Waals surface area contributed by atoms with Gasteiger partial charge in [-0.3, -0.25) is 0 Å². The van der Waals surface area contributed by atoms with Crippen molar-refractivity contribution in [2.75, 3.05) is 7.11 Å². The highest BCUT2D eigenvalue weighted by atomic mass is 16.5. The van der Waals surface area contributed by atoms with Crippen molar-refractivity contribution in [3.05, 3.63) is 29.4 Å². The molecule has 0 aromatic carbocycles. The van der Waals surface area contributed by atoms with E-state index in [2.05, 4.69) is 15.1 Å². The van der Waals surface area contributed by atoms with Crippen LogP contribution in [0.4, 0.5) is 0 Å². The first kappa shape index (κ1) is 12.3. The van der Waals surface area contributed by atoms with Gasteiger partial charge in [-0.25, -0.2) is 9.78 Å². The van der Waals surface area contributed by atoms with E-state index in [0.717, 1.165) is 0 Å². The molecule has 2 rings (SSSR count). The minimum atomic E-state index is -0.435. The number of aromatic nitrogens is 4. The molecule has 0 aliphatic rings. The van der Waals surface area contributed by atoms with E-state index < -0.39 is 5.97 Å². The average Bonchev–Trinajstić information content (AvgIpc) is 2.97. The average molecular weight is 250 g/mol. The van der Waals surface area contributed by atoms with Crippen molar-refractivity contribution in [3.8, 4) is 0 Å². The van der Waals surface area contributed by atoms with E-state index in [1.807, 2.05) is 6.92 Å². The van der Waals surface area contributed by atoms with Gasteiger partial charge in [0.05, 0.1) is 19.9 Å². The minimum absolute atomic E-state index is 0.333. The van der Waals surface area contributed by atoms with Crippen molar-refractivity contribution in [1.82, 2.24) is 19.7 Å². The SMILES string of the molecule is CCc1nc(Cn2c(C(=O)OC)cnc2C)no1.